The number of benzene rings is 1. The first-order chi connectivity index (χ1) is 12.1. The van der Waals surface area contributed by atoms with E-state index in [1.54, 1.807) is 19.4 Å². The number of carbonyl (C=O) groups excluding carboxylic acids is 1. The van der Waals surface area contributed by atoms with Crippen LogP contribution in [0.5, 0.6) is 5.75 Å². The van der Waals surface area contributed by atoms with Gasteiger partial charge in [0.05, 0.1) is 13.2 Å². The van der Waals surface area contributed by atoms with Crippen LogP contribution in [0, 0.1) is 0 Å². The predicted molar refractivity (Wildman–Crippen MR) is 93.4 cm³/mol. The summed E-state index contributed by atoms with van der Waals surface area (Å²) in [5.41, 5.74) is 0.732. The van der Waals surface area contributed by atoms with E-state index in [9.17, 15) is 9.59 Å². The van der Waals surface area contributed by atoms with Gasteiger partial charge >= 0.3 is 5.69 Å². The Morgan fingerprint density at radius 2 is 2.04 bits per heavy atom. The molecule has 3 rings (SSSR count). The summed E-state index contributed by atoms with van der Waals surface area (Å²) in [6.45, 7) is 2.05. The maximum absolute atomic E-state index is 12.6. The van der Waals surface area contributed by atoms with Crippen molar-refractivity contribution in [1.29, 1.82) is 0 Å². The van der Waals surface area contributed by atoms with Gasteiger partial charge in [-0.15, -0.1) is 0 Å². The zero-order chi connectivity index (χ0) is 17.8. The summed E-state index contributed by atoms with van der Waals surface area (Å²) in [5.74, 6) is 0.743. The van der Waals surface area contributed by atoms with Crippen molar-refractivity contribution in [3.05, 3.63) is 58.8 Å². The number of nitrogens with zero attached hydrogens (tertiary/aromatic N) is 4. The van der Waals surface area contributed by atoms with E-state index < -0.39 is 5.69 Å². The minimum absolute atomic E-state index is 0.0196. The van der Waals surface area contributed by atoms with E-state index in [0.717, 1.165) is 17.9 Å². The van der Waals surface area contributed by atoms with Crippen molar-refractivity contribution in [2.75, 3.05) is 33.8 Å². The molecule has 25 heavy (non-hydrogen) atoms. The molecular formula is C18H22N4O3. The number of amides is 1. The average molecular weight is 342 g/mol. The summed E-state index contributed by atoms with van der Waals surface area (Å²) in [6.07, 6.45) is 3.02. The number of piperazine rings is 1. The third-order valence-corrected chi connectivity index (χ3v) is 4.59. The zero-order valence-corrected chi connectivity index (χ0v) is 14.5. The van der Waals surface area contributed by atoms with Gasteiger partial charge in [0, 0.05) is 32.0 Å². The van der Waals surface area contributed by atoms with Crippen LogP contribution < -0.4 is 10.4 Å². The standard InChI is InChI=1S/C18H22N4O3/c1-20-10-11-21(17(23)13-22-9-3-8-19-18(22)24)12-16(20)14-4-6-15(25-2)7-5-14/h3-9,16H,10-13H2,1-2H3. The minimum atomic E-state index is -0.406. The van der Waals surface area contributed by atoms with Crippen LogP contribution >= 0.6 is 0 Å². The lowest BCUT2D eigenvalue weighted by Gasteiger charge is -2.39. The SMILES string of the molecule is COc1ccc(C2CN(C(=O)Cn3cccnc3=O)CCN2C)cc1. The number of hydrogen-bond acceptors (Lipinski definition) is 5. The third-order valence-electron chi connectivity index (χ3n) is 4.59. The van der Waals surface area contributed by atoms with Crippen LogP contribution in [-0.4, -0.2) is 59.0 Å². The van der Waals surface area contributed by atoms with Gasteiger partial charge in [-0.3, -0.25) is 14.3 Å². The molecule has 7 heteroatoms. The molecule has 1 fully saturated rings. The molecule has 0 spiro atoms. The van der Waals surface area contributed by atoms with Gasteiger partial charge in [-0.25, -0.2) is 9.78 Å². The Morgan fingerprint density at radius 3 is 2.72 bits per heavy atom. The lowest BCUT2D eigenvalue weighted by molar-refractivity contribution is -0.134. The van der Waals surface area contributed by atoms with Gasteiger partial charge in [-0.1, -0.05) is 12.1 Å². The van der Waals surface area contributed by atoms with Crippen molar-refractivity contribution in [3.63, 3.8) is 0 Å². The summed E-state index contributed by atoms with van der Waals surface area (Å²) in [6, 6.07) is 9.69. The normalized spacial score (nSPS) is 18.2. The molecule has 1 amide bonds. The lowest BCUT2D eigenvalue weighted by atomic mass is 10.0. The number of methoxy groups -OCH3 is 1. The Bertz CT molecular complexity index is 787. The molecule has 0 radical (unpaired) electrons. The molecule has 1 atom stereocenters. The highest BCUT2D eigenvalue weighted by Gasteiger charge is 2.28. The highest BCUT2D eigenvalue weighted by molar-refractivity contribution is 5.76. The maximum atomic E-state index is 12.6. The predicted octanol–water partition coefficient (Wildman–Crippen LogP) is 0.767. The fourth-order valence-electron chi connectivity index (χ4n) is 3.04. The number of carbonyl (C=O) groups is 1. The first-order valence-corrected chi connectivity index (χ1v) is 8.22. The Labute approximate surface area is 146 Å². The second-order valence-electron chi connectivity index (χ2n) is 6.14. The molecule has 0 saturated carbocycles. The molecule has 1 unspecified atom stereocenters. The van der Waals surface area contributed by atoms with E-state index in [1.807, 2.05) is 29.2 Å². The number of ether oxygens (including phenoxy) is 1. The Hall–Kier alpha value is -2.67. The topological polar surface area (TPSA) is 67.7 Å². The largest absolute Gasteiger partial charge is 0.497 e. The molecule has 2 heterocycles. The molecule has 0 aliphatic carbocycles. The number of rotatable bonds is 4. The summed E-state index contributed by atoms with van der Waals surface area (Å²) in [4.78, 5) is 32.0. The number of likely N-dealkylation sites (N-methyl/N-ethyl adjacent to an activating group) is 1. The van der Waals surface area contributed by atoms with Gasteiger partial charge in [-0.2, -0.15) is 0 Å². The number of hydrogen-bond donors (Lipinski definition) is 0. The lowest BCUT2D eigenvalue weighted by Crippen LogP contribution is -2.50. The molecule has 1 aromatic carbocycles. The van der Waals surface area contributed by atoms with Crippen LogP contribution in [0.15, 0.2) is 47.5 Å². The van der Waals surface area contributed by atoms with Crippen LogP contribution in [-0.2, 0) is 11.3 Å². The van der Waals surface area contributed by atoms with Crippen LogP contribution in [0.1, 0.15) is 11.6 Å². The summed E-state index contributed by atoms with van der Waals surface area (Å²) >= 11 is 0. The average Bonchev–Trinajstić information content (AvgIpc) is 2.64. The Balaban J connectivity index is 1.72. The van der Waals surface area contributed by atoms with Crippen LogP contribution in [0.4, 0.5) is 0 Å². The molecule has 0 N–H and O–H groups in total. The van der Waals surface area contributed by atoms with Gasteiger partial charge in [-0.05, 0) is 30.8 Å². The minimum Gasteiger partial charge on any atom is -0.497 e. The van der Waals surface area contributed by atoms with Crippen LogP contribution in [0.25, 0.3) is 0 Å². The quantitative estimate of drug-likeness (QED) is 0.821. The molecule has 132 valence electrons. The molecule has 7 nitrogen and oxygen atoms in total. The van der Waals surface area contributed by atoms with Crippen molar-refractivity contribution in [3.8, 4) is 5.75 Å². The van der Waals surface area contributed by atoms with Gasteiger partial charge in [0.2, 0.25) is 5.91 Å². The van der Waals surface area contributed by atoms with E-state index in [1.165, 1.54) is 10.8 Å². The smallest absolute Gasteiger partial charge is 0.347 e. The fraction of sp³-hybridized carbons (Fsp3) is 0.389. The molecule has 2 aromatic rings. The highest BCUT2D eigenvalue weighted by Crippen LogP contribution is 2.25. The van der Waals surface area contributed by atoms with Crippen molar-refractivity contribution >= 4 is 5.91 Å². The van der Waals surface area contributed by atoms with Gasteiger partial charge in [0.1, 0.15) is 12.3 Å². The molecule has 1 saturated heterocycles. The third kappa shape index (κ3) is 3.88. The molecule has 1 aliphatic heterocycles. The van der Waals surface area contributed by atoms with E-state index >= 15 is 0 Å². The van der Waals surface area contributed by atoms with E-state index in [4.69, 9.17) is 4.74 Å². The van der Waals surface area contributed by atoms with Crippen molar-refractivity contribution < 1.29 is 9.53 Å². The first-order valence-electron chi connectivity index (χ1n) is 8.22. The number of aromatic nitrogens is 2. The molecule has 1 aromatic heterocycles. The molecule has 0 bridgehead atoms. The van der Waals surface area contributed by atoms with Crippen LogP contribution in [0.2, 0.25) is 0 Å². The van der Waals surface area contributed by atoms with Gasteiger partial charge in [0.15, 0.2) is 0 Å². The second kappa shape index (κ2) is 7.48. The Morgan fingerprint density at radius 1 is 1.28 bits per heavy atom. The highest BCUT2D eigenvalue weighted by atomic mass is 16.5. The second-order valence-corrected chi connectivity index (χ2v) is 6.14. The van der Waals surface area contributed by atoms with E-state index in [-0.39, 0.29) is 18.5 Å². The molecular weight excluding hydrogens is 320 g/mol. The maximum Gasteiger partial charge on any atom is 0.347 e. The van der Waals surface area contributed by atoms with Gasteiger partial charge < -0.3 is 9.64 Å². The van der Waals surface area contributed by atoms with Crippen molar-refractivity contribution in [1.82, 2.24) is 19.4 Å². The van der Waals surface area contributed by atoms with Gasteiger partial charge in [0.25, 0.3) is 0 Å². The molecule has 1 aliphatic rings. The first kappa shape index (κ1) is 17.2. The monoisotopic (exact) mass is 342 g/mol. The van der Waals surface area contributed by atoms with Crippen LogP contribution in [0.3, 0.4) is 0 Å². The van der Waals surface area contributed by atoms with Crippen molar-refractivity contribution in [2.24, 2.45) is 0 Å². The van der Waals surface area contributed by atoms with Crippen molar-refractivity contribution in [2.45, 2.75) is 12.6 Å². The van der Waals surface area contributed by atoms with E-state index in [2.05, 4.69) is 16.9 Å². The summed E-state index contributed by atoms with van der Waals surface area (Å²) in [7, 11) is 3.70. The summed E-state index contributed by atoms with van der Waals surface area (Å²) < 4.78 is 6.54. The Kier molecular flexibility index (Phi) is 5.14. The van der Waals surface area contributed by atoms with E-state index in [0.29, 0.717) is 13.1 Å². The fourth-order valence-corrected chi connectivity index (χ4v) is 3.04. The summed E-state index contributed by atoms with van der Waals surface area (Å²) in [5, 5.41) is 0. The zero-order valence-electron chi connectivity index (χ0n) is 14.5.